The number of para-hydroxylation sites is 1. The van der Waals surface area contributed by atoms with E-state index in [4.69, 9.17) is 0 Å². The number of nitro benzene ring substituents is 1. The molecule has 112 valence electrons. The molecule has 2 rings (SSSR count). The van der Waals surface area contributed by atoms with Gasteiger partial charge in [0, 0.05) is 18.1 Å². The quantitative estimate of drug-likeness (QED) is 0.592. The number of benzene rings is 1. The van der Waals surface area contributed by atoms with Crippen molar-refractivity contribution in [2.75, 3.05) is 16.6 Å². The highest BCUT2D eigenvalue weighted by Crippen LogP contribution is 2.32. The maximum atomic E-state index is 12.2. The molecule has 0 aliphatic carbocycles. The van der Waals surface area contributed by atoms with Gasteiger partial charge in [0.15, 0.2) is 4.90 Å². The first-order chi connectivity index (χ1) is 9.95. The van der Waals surface area contributed by atoms with Crippen LogP contribution in [0.15, 0.2) is 23.1 Å². The number of anilines is 2. The van der Waals surface area contributed by atoms with Crippen LogP contribution in [0.3, 0.4) is 0 Å². The van der Waals surface area contributed by atoms with Crippen LogP contribution in [0.5, 0.6) is 0 Å². The molecule has 0 spiro atoms. The van der Waals surface area contributed by atoms with Crippen molar-refractivity contribution >= 4 is 38.1 Å². The van der Waals surface area contributed by atoms with Crippen LogP contribution in [0.1, 0.15) is 6.92 Å². The summed E-state index contributed by atoms with van der Waals surface area (Å²) in [5.74, 6) is 0. The second kappa shape index (κ2) is 5.97. The van der Waals surface area contributed by atoms with Gasteiger partial charge in [-0.25, -0.2) is 8.42 Å². The van der Waals surface area contributed by atoms with Gasteiger partial charge < -0.3 is 5.32 Å². The highest BCUT2D eigenvalue weighted by atomic mass is 32.2. The molecule has 0 saturated carbocycles. The maximum absolute atomic E-state index is 12.2. The minimum atomic E-state index is -4.16. The number of nitrogens with zero attached hydrogens (tertiary/aromatic N) is 4. The summed E-state index contributed by atoms with van der Waals surface area (Å²) >= 11 is 0.725. The predicted octanol–water partition coefficient (Wildman–Crippen LogP) is 1.07. The SMILES string of the molecule is CCNc1cccc(S(=O)(=O)Nc2nnns2)c1[N+](=O)[O-]. The number of nitro groups is 1. The molecule has 2 aromatic rings. The van der Waals surface area contributed by atoms with Gasteiger partial charge in [-0.05, 0) is 24.3 Å². The summed E-state index contributed by atoms with van der Waals surface area (Å²) in [7, 11) is -4.16. The minimum Gasteiger partial charge on any atom is -0.380 e. The van der Waals surface area contributed by atoms with E-state index < -0.39 is 25.5 Å². The van der Waals surface area contributed by atoms with E-state index in [0.29, 0.717) is 6.54 Å². The van der Waals surface area contributed by atoms with E-state index >= 15 is 0 Å². The summed E-state index contributed by atoms with van der Waals surface area (Å²) in [5.41, 5.74) is -0.398. The Morgan fingerprint density at radius 2 is 2.19 bits per heavy atom. The zero-order valence-electron chi connectivity index (χ0n) is 10.7. The van der Waals surface area contributed by atoms with Crippen molar-refractivity contribution in [3.8, 4) is 0 Å². The second-order valence-electron chi connectivity index (χ2n) is 3.71. The molecule has 0 aliphatic heterocycles. The lowest BCUT2D eigenvalue weighted by molar-refractivity contribution is -0.386. The van der Waals surface area contributed by atoms with Gasteiger partial charge in [-0.2, -0.15) is 0 Å². The molecule has 1 aromatic carbocycles. The smallest absolute Gasteiger partial charge is 0.312 e. The Morgan fingerprint density at radius 3 is 2.76 bits per heavy atom. The topological polar surface area (TPSA) is 140 Å². The van der Waals surface area contributed by atoms with Crippen molar-refractivity contribution in [3.63, 3.8) is 0 Å². The van der Waals surface area contributed by atoms with Crippen LogP contribution in [0.4, 0.5) is 16.5 Å². The molecule has 2 N–H and O–H groups in total. The zero-order chi connectivity index (χ0) is 15.5. The van der Waals surface area contributed by atoms with Crippen molar-refractivity contribution < 1.29 is 13.3 Å². The molecule has 1 aromatic heterocycles. The number of hydrogen-bond acceptors (Lipinski definition) is 9. The highest BCUT2D eigenvalue weighted by Gasteiger charge is 2.29. The van der Waals surface area contributed by atoms with E-state index in [1.54, 1.807) is 6.92 Å². The summed E-state index contributed by atoms with van der Waals surface area (Å²) in [6, 6.07) is 4.00. The van der Waals surface area contributed by atoms with E-state index in [0.717, 1.165) is 17.6 Å². The third-order valence-corrected chi connectivity index (χ3v) is 4.37. The number of rotatable bonds is 6. The Hall–Kier alpha value is -2.34. The highest BCUT2D eigenvalue weighted by molar-refractivity contribution is 7.93. The Balaban J connectivity index is 2.52. The molecule has 0 atom stereocenters. The van der Waals surface area contributed by atoms with Gasteiger partial charge in [0.1, 0.15) is 5.69 Å². The molecule has 10 nitrogen and oxygen atoms in total. The summed E-state index contributed by atoms with van der Waals surface area (Å²) < 4.78 is 30.0. The Labute approximate surface area is 123 Å². The van der Waals surface area contributed by atoms with Crippen molar-refractivity contribution in [2.45, 2.75) is 11.8 Å². The first kappa shape index (κ1) is 15.1. The molecule has 0 bridgehead atoms. The van der Waals surface area contributed by atoms with Crippen LogP contribution < -0.4 is 10.0 Å². The van der Waals surface area contributed by atoms with Gasteiger partial charge in [-0.3, -0.25) is 14.8 Å². The van der Waals surface area contributed by atoms with Crippen molar-refractivity contribution in [1.29, 1.82) is 0 Å². The first-order valence-corrected chi connectivity index (χ1v) is 7.90. The van der Waals surface area contributed by atoms with Gasteiger partial charge in [0.2, 0.25) is 5.13 Å². The molecule has 1 heterocycles. The average molecular weight is 330 g/mol. The van der Waals surface area contributed by atoms with Crippen LogP contribution in [-0.2, 0) is 10.0 Å². The van der Waals surface area contributed by atoms with E-state index in [2.05, 4.69) is 24.8 Å². The summed E-state index contributed by atoms with van der Waals surface area (Å²) in [6.45, 7) is 2.16. The van der Waals surface area contributed by atoms with Crippen molar-refractivity contribution in [3.05, 3.63) is 28.3 Å². The minimum absolute atomic E-state index is 0.0712. The van der Waals surface area contributed by atoms with Gasteiger partial charge >= 0.3 is 5.69 Å². The molecular weight excluding hydrogens is 320 g/mol. The Bertz CT molecular complexity index is 746. The molecule has 21 heavy (non-hydrogen) atoms. The molecule has 0 fully saturated rings. The lowest BCUT2D eigenvalue weighted by Gasteiger charge is -2.09. The fraction of sp³-hybridized carbons (Fsp3) is 0.222. The average Bonchev–Trinajstić information content (AvgIpc) is 2.90. The molecule has 0 aliphatic rings. The van der Waals surface area contributed by atoms with Gasteiger partial charge in [0.05, 0.1) is 4.92 Å². The fourth-order valence-electron chi connectivity index (χ4n) is 1.60. The van der Waals surface area contributed by atoms with Gasteiger partial charge in [-0.15, -0.1) is 0 Å². The standard InChI is InChI=1S/C9H10N6O4S2/c1-2-10-6-4-3-5-7(8(6)15(16)17)21(18,19)12-9-11-13-14-20-9/h3-5,10H,2H2,1H3,(H,11,12,14). The number of hydrogen-bond donors (Lipinski definition) is 2. The molecule has 0 radical (unpaired) electrons. The van der Waals surface area contributed by atoms with E-state index in [1.165, 1.54) is 12.1 Å². The van der Waals surface area contributed by atoms with Crippen LogP contribution in [0.2, 0.25) is 0 Å². The Kier molecular flexibility index (Phi) is 4.28. The van der Waals surface area contributed by atoms with E-state index in [1.807, 2.05) is 0 Å². The van der Waals surface area contributed by atoms with Crippen molar-refractivity contribution in [1.82, 2.24) is 14.8 Å². The lowest BCUT2D eigenvalue weighted by atomic mass is 10.2. The van der Waals surface area contributed by atoms with Crippen LogP contribution >= 0.6 is 11.5 Å². The van der Waals surface area contributed by atoms with Crippen LogP contribution in [0.25, 0.3) is 0 Å². The molecular formula is C9H10N6O4S2. The molecule has 0 unspecified atom stereocenters. The number of nitrogens with one attached hydrogen (secondary N) is 2. The van der Waals surface area contributed by atoms with Gasteiger partial charge in [0.25, 0.3) is 10.0 Å². The zero-order valence-corrected chi connectivity index (χ0v) is 12.3. The van der Waals surface area contributed by atoms with E-state index in [9.17, 15) is 18.5 Å². The normalized spacial score (nSPS) is 11.1. The third-order valence-electron chi connectivity index (χ3n) is 2.36. The first-order valence-electron chi connectivity index (χ1n) is 5.65. The molecule has 0 saturated heterocycles. The summed E-state index contributed by atoms with van der Waals surface area (Å²) in [5, 5.41) is 20.6. The number of sulfonamides is 1. The Morgan fingerprint density at radius 1 is 1.43 bits per heavy atom. The fourth-order valence-corrected chi connectivity index (χ4v) is 3.38. The second-order valence-corrected chi connectivity index (χ2v) is 6.10. The van der Waals surface area contributed by atoms with Crippen molar-refractivity contribution in [2.24, 2.45) is 0 Å². The molecule has 12 heteroatoms. The van der Waals surface area contributed by atoms with E-state index in [-0.39, 0.29) is 10.8 Å². The van der Waals surface area contributed by atoms with Crippen LogP contribution in [-0.4, -0.2) is 34.7 Å². The molecule has 0 amide bonds. The lowest BCUT2D eigenvalue weighted by Crippen LogP contribution is -2.15. The third kappa shape index (κ3) is 3.22. The largest absolute Gasteiger partial charge is 0.380 e. The van der Waals surface area contributed by atoms with Crippen LogP contribution in [0, 0.1) is 10.1 Å². The predicted molar refractivity (Wildman–Crippen MR) is 75.8 cm³/mol. The summed E-state index contributed by atoms with van der Waals surface area (Å²) in [4.78, 5) is 10.00. The summed E-state index contributed by atoms with van der Waals surface area (Å²) in [6.07, 6.45) is 0. The van der Waals surface area contributed by atoms with Gasteiger partial charge in [-0.1, -0.05) is 15.7 Å². The number of aromatic nitrogens is 3. The monoisotopic (exact) mass is 330 g/mol. The maximum Gasteiger partial charge on any atom is 0.312 e.